The summed E-state index contributed by atoms with van der Waals surface area (Å²) in [5.74, 6) is 1.99. The van der Waals surface area contributed by atoms with Gasteiger partial charge in [-0.05, 0) is 37.9 Å². The molecule has 1 aliphatic rings. The van der Waals surface area contributed by atoms with Crippen LogP contribution in [0.2, 0.25) is 0 Å². The molecule has 0 saturated heterocycles. The second kappa shape index (κ2) is 6.13. The number of likely N-dealkylation sites (N-methyl/N-ethyl adjacent to an activating group) is 1. The molecule has 2 aromatic rings. The Morgan fingerprint density at radius 2 is 2.20 bits per heavy atom. The normalized spacial score (nSPS) is 17.4. The van der Waals surface area contributed by atoms with Crippen LogP contribution in [0.25, 0.3) is 11.5 Å². The number of nitrogens with one attached hydrogen (secondary N) is 1. The van der Waals surface area contributed by atoms with E-state index in [-0.39, 0.29) is 0 Å². The number of hydrogen-bond acceptors (Lipinski definition) is 5. The van der Waals surface area contributed by atoms with Crippen molar-refractivity contribution >= 4 is 0 Å². The maximum Gasteiger partial charge on any atom is 0.228 e. The highest BCUT2D eigenvalue weighted by atomic mass is 16.5. The molecule has 1 N–H and O–H groups in total. The third-order valence-electron chi connectivity index (χ3n) is 4.10. The van der Waals surface area contributed by atoms with E-state index in [4.69, 9.17) is 4.52 Å². The van der Waals surface area contributed by atoms with Gasteiger partial charge in [0.1, 0.15) is 5.69 Å². The largest absolute Gasteiger partial charge is 0.339 e. The van der Waals surface area contributed by atoms with Gasteiger partial charge in [-0.3, -0.25) is 4.98 Å². The van der Waals surface area contributed by atoms with Gasteiger partial charge in [-0.25, -0.2) is 0 Å². The van der Waals surface area contributed by atoms with Gasteiger partial charge in [0.2, 0.25) is 11.7 Å². The Morgan fingerprint density at radius 3 is 2.90 bits per heavy atom. The van der Waals surface area contributed by atoms with Crippen LogP contribution in [-0.2, 0) is 6.42 Å². The second-order valence-electron chi connectivity index (χ2n) is 5.37. The summed E-state index contributed by atoms with van der Waals surface area (Å²) in [5.41, 5.74) is 0.754. The lowest BCUT2D eigenvalue weighted by Gasteiger charge is -2.20. The molecule has 0 aromatic carbocycles. The molecule has 3 rings (SSSR count). The van der Waals surface area contributed by atoms with Crippen molar-refractivity contribution in [3.63, 3.8) is 0 Å². The highest BCUT2D eigenvalue weighted by Gasteiger charge is 2.25. The molecular weight excluding hydrogens is 252 g/mol. The minimum absolute atomic E-state index is 0.425. The van der Waals surface area contributed by atoms with Crippen LogP contribution in [0.3, 0.4) is 0 Å². The van der Waals surface area contributed by atoms with Gasteiger partial charge >= 0.3 is 0 Å². The van der Waals surface area contributed by atoms with E-state index in [0.29, 0.717) is 17.8 Å². The van der Waals surface area contributed by atoms with Crippen LogP contribution >= 0.6 is 0 Å². The number of aromatic nitrogens is 3. The van der Waals surface area contributed by atoms with E-state index in [9.17, 15) is 0 Å². The average molecular weight is 272 g/mol. The van der Waals surface area contributed by atoms with E-state index in [1.165, 1.54) is 25.7 Å². The smallest absolute Gasteiger partial charge is 0.228 e. The third-order valence-corrected chi connectivity index (χ3v) is 4.10. The van der Waals surface area contributed by atoms with Crippen LogP contribution in [0, 0.1) is 5.92 Å². The zero-order chi connectivity index (χ0) is 13.8. The molecule has 1 aliphatic carbocycles. The Bertz CT molecular complexity index is 534. The zero-order valence-corrected chi connectivity index (χ0v) is 11.7. The van der Waals surface area contributed by atoms with Crippen LogP contribution in [0.4, 0.5) is 0 Å². The molecule has 1 fully saturated rings. The van der Waals surface area contributed by atoms with E-state index < -0.39 is 0 Å². The Hall–Kier alpha value is -1.75. The summed E-state index contributed by atoms with van der Waals surface area (Å²) in [7, 11) is 2.01. The number of rotatable bonds is 5. The van der Waals surface area contributed by atoms with Crippen LogP contribution in [-0.4, -0.2) is 28.2 Å². The SMILES string of the molecule is CNC(Cc1nc(-c2ccccn2)no1)C1CCCC1. The number of pyridine rings is 1. The summed E-state index contributed by atoms with van der Waals surface area (Å²) in [5, 5.41) is 7.42. The Labute approximate surface area is 118 Å². The molecule has 1 atom stereocenters. The summed E-state index contributed by atoms with van der Waals surface area (Å²) in [6.07, 6.45) is 7.80. The van der Waals surface area contributed by atoms with Crippen molar-refractivity contribution in [1.29, 1.82) is 0 Å². The van der Waals surface area contributed by atoms with Gasteiger partial charge in [0.25, 0.3) is 0 Å². The van der Waals surface area contributed by atoms with Crippen molar-refractivity contribution in [2.75, 3.05) is 7.05 Å². The van der Waals surface area contributed by atoms with Gasteiger partial charge < -0.3 is 9.84 Å². The summed E-state index contributed by atoms with van der Waals surface area (Å²) in [6.45, 7) is 0. The third kappa shape index (κ3) is 2.88. The minimum atomic E-state index is 0.425. The molecule has 5 nitrogen and oxygen atoms in total. The fraction of sp³-hybridized carbons (Fsp3) is 0.533. The van der Waals surface area contributed by atoms with Crippen molar-refractivity contribution in [3.05, 3.63) is 30.3 Å². The molecule has 1 saturated carbocycles. The lowest BCUT2D eigenvalue weighted by atomic mass is 9.95. The molecular formula is C15H20N4O. The van der Waals surface area contributed by atoms with Gasteiger partial charge in [-0.2, -0.15) is 4.98 Å². The maximum absolute atomic E-state index is 5.37. The molecule has 5 heteroatoms. The molecule has 2 aromatic heterocycles. The van der Waals surface area contributed by atoms with E-state index in [1.807, 2.05) is 25.2 Å². The van der Waals surface area contributed by atoms with Gasteiger partial charge in [0.15, 0.2) is 0 Å². The second-order valence-corrected chi connectivity index (χ2v) is 5.37. The fourth-order valence-electron chi connectivity index (χ4n) is 2.99. The molecule has 0 aliphatic heterocycles. The van der Waals surface area contributed by atoms with Crippen molar-refractivity contribution in [2.24, 2.45) is 5.92 Å². The van der Waals surface area contributed by atoms with Crippen molar-refractivity contribution in [2.45, 2.75) is 38.1 Å². The van der Waals surface area contributed by atoms with Gasteiger partial charge in [0.05, 0.1) is 0 Å². The summed E-state index contributed by atoms with van der Waals surface area (Å²) in [6, 6.07) is 6.12. The first-order valence-corrected chi connectivity index (χ1v) is 7.28. The monoisotopic (exact) mass is 272 g/mol. The summed E-state index contributed by atoms with van der Waals surface area (Å²) >= 11 is 0. The molecule has 20 heavy (non-hydrogen) atoms. The highest BCUT2D eigenvalue weighted by molar-refractivity contribution is 5.47. The number of hydrogen-bond donors (Lipinski definition) is 1. The lowest BCUT2D eigenvalue weighted by molar-refractivity contribution is 0.318. The molecule has 0 bridgehead atoms. The molecule has 0 amide bonds. The predicted molar refractivity (Wildman–Crippen MR) is 76.0 cm³/mol. The van der Waals surface area contributed by atoms with Crippen molar-refractivity contribution in [1.82, 2.24) is 20.4 Å². The maximum atomic E-state index is 5.37. The minimum Gasteiger partial charge on any atom is -0.339 e. The first-order valence-electron chi connectivity index (χ1n) is 7.28. The van der Waals surface area contributed by atoms with Crippen molar-refractivity contribution in [3.8, 4) is 11.5 Å². The summed E-state index contributed by atoms with van der Waals surface area (Å²) < 4.78 is 5.37. The standard InChI is InChI=1S/C15H20N4O/c1-16-13(11-6-2-3-7-11)10-14-18-15(19-20-14)12-8-4-5-9-17-12/h4-5,8-9,11,13,16H,2-3,6-7,10H2,1H3. The van der Waals surface area contributed by atoms with Gasteiger partial charge in [-0.15, -0.1) is 0 Å². The Kier molecular flexibility index (Phi) is 4.06. The number of nitrogens with zero attached hydrogens (tertiary/aromatic N) is 3. The van der Waals surface area contributed by atoms with E-state index in [2.05, 4.69) is 20.4 Å². The summed E-state index contributed by atoms with van der Waals surface area (Å²) in [4.78, 5) is 8.70. The van der Waals surface area contributed by atoms with Crippen LogP contribution in [0.15, 0.2) is 28.9 Å². The Balaban J connectivity index is 1.70. The van der Waals surface area contributed by atoms with Crippen LogP contribution in [0.1, 0.15) is 31.6 Å². The molecule has 2 heterocycles. The average Bonchev–Trinajstić information content (AvgIpc) is 3.17. The van der Waals surface area contributed by atoms with Crippen molar-refractivity contribution < 1.29 is 4.52 Å². The molecule has 0 radical (unpaired) electrons. The first-order chi connectivity index (χ1) is 9.86. The van der Waals surface area contributed by atoms with Crippen LogP contribution < -0.4 is 5.32 Å². The van der Waals surface area contributed by atoms with E-state index >= 15 is 0 Å². The van der Waals surface area contributed by atoms with E-state index in [1.54, 1.807) is 6.20 Å². The highest BCUT2D eigenvalue weighted by Crippen LogP contribution is 2.29. The van der Waals surface area contributed by atoms with Gasteiger partial charge in [-0.1, -0.05) is 24.1 Å². The quantitative estimate of drug-likeness (QED) is 0.905. The molecule has 1 unspecified atom stereocenters. The molecule has 106 valence electrons. The fourth-order valence-corrected chi connectivity index (χ4v) is 2.99. The zero-order valence-electron chi connectivity index (χ0n) is 11.7. The topological polar surface area (TPSA) is 63.8 Å². The molecule has 0 spiro atoms. The first kappa shape index (κ1) is 13.2. The van der Waals surface area contributed by atoms with E-state index in [0.717, 1.165) is 18.0 Å². The Morgan fingerprint density at radius 1 is 1.35 bits per heavy atom. The lowest BCUT2D eigenvalue weighted by Crippen LogP contribution is -2.34. The van der Waals surface area contributed by atoms with Crippen LogP contribution in [0.5, 0.6) is 0 Å². The predicted octanol–water partition coefficient (Wildman–Crippen LogP) is 2.45. The van der Waals surface area contributed by atoms with Gasteiger partial charge in [0, 0.05) is 18.7 Å².